The summed E-state index contributed by atoms with van der Waals surface area (Å²) in [5, 5.41) is 3.27. The standard InChI is InChI=1S/C13H21N3O3/c1-10-8-11(16-12(15-10)9-17-3)14-5-4-13(2)18-6-7-19-13/h8H,4-7,9H2,1-3H3,(H,14,15,16). The minimum atomic E-state index is -0.468. The lowest BCUT2D eigenvalue weighted by molar-refractivity contribution is -0.144. The third-order valence-electron chi connectivity index (χ3n) is 2.96. The molecule has 0 amide bonds. The molecule has 6 heteroatoms. The number of anilines is 1. The van der Waals surface area contributed by atoms with Crippen LogP contribution in [0, 0.1) is 6.92 Å². The number of rotatable bonds is 6. The molecule has 0 atom stereocenters. The minimum Gasteiger partial charge on any atom is -0.377 e. The number of hydrogen-bond acceptors (Lipinski definition) is 6. The first-order chi connectivity index (χ1) is 9.11. The number of nitrogens with zero attached hydrogens (tertiary/aromatic N) is 2. The largest absolute Gasteiger partial charge is 0.377 e. The molecule has 0 radical (unpaired) electrons. The van der Waals surface area contributed by atoms with Crippen molar-refractivity contribution >= 4 is 5.82 Å². The van der Waals surface area contributed by atoms with E-state index in [1.54, 1.807) is 7.11 Å². The van der Waals surface area contributed by atoms with E-state index in [-0.39, 0.29) is 0 Å². The topological polar surface area (TPSA) is 65.5 Å². The van der Waals surface area contributed by atoms with E-state index in [1.165, 1.54) is 0 Å². The molecule has 2 heterocycles. The van der Waals surface area contributed by atoms with Crippen molar-refractivity contribution in [2.45, 2.75) is 32.7 Å². The van der Waals surface area contributed by atoms with Crippen molar-refractivity contribution in [2.75, 3.05) is 32.2 Å². The molecule has 106 valence electrons. The number of hydrogen-bond donors (Lipinski definition) is 1. The summed E-state index contributed by atoms with van der Waals surface area (Å²) in [7, 11) is 1.63. The van der Waals surface area contributed by atoms with Crippen molar-refractivity contribution < 1.29 is 14.2 Å². The van der Waals surface area contributed by atoms with Crippen LogP contribution in [-0.2, 0) is 20.8 Å². The number of aryl methyl sites for hydroxylation is 1. The quantitative estimate of drug-likeness (QED) is 0.842. The van der Waals surface area contributed by atoms with Crippen LogP contribution in [-0.4, -0.2) is 42.6 Å². The Morgan fingerprint density at radius 1 is 1.37 bits per heavy atom. The average molecular weight is 267 g/mol. The van der Waals surface area contributed by atoms with Gasteiger partial charge in [0.2, 0.25) is 0 Å². The van der Waals surface area contributed by atoms with Crippen molar-refractivity contribution in [1.82, 2.24) is 9.97 Å². The van der Waals surface area contributed by atoms with Gasteiger partial charge >= 0.3 is 0 Å². The monoisotopic (exact) mass is 267 g/mol. The molecule has 2 rings (SSSR count). The molecule has 1 aliphatic heterocycles. The summed E-state index contributed by atoms with van der Waals surface area (Å²) in [6.07, 6.45) is 0.773. The van der Waals surface area contributed by atoms with E-state index in [0.717, 1.165) is 24.5 Å². The first-order valence-electron chi connectivity index (χ1n) is 6.46. The van der Waals surface area contributed by atoms with Crippen LogP contribution in [0.25, 0.3) is 0 Å². The highest BCUT2D eigenvalue weighted by atomic mass is 16.7. The molecule has 1 aromatic rings. The summed E-state index contributed by atoms with van der Waals surface area (Å²) in [4.78, 5) is 8.68. The van der Waals surface area contributed by atoms with Gasteiger partial charge in [0.05, 0.1) is 13.2 Å². The zero-order valence-corrected chi connectivity index (χ0v) is 11.7. The van der Waals surface area contributed by atoms with Gasteiger partial charge in [-0.25, -0.2) is 9.97 Å². The second kappa shape index (κ2) is 6.27. The maximum atomic E-state index is 5.55. The van der Waals surface area contributed by atoms with Crippen LogP contribution < -0.4 is 5.32 Å². The van der Waals surface area contributed by atoms with Crippen LogP contribution in [0.5, 0.6) is 0 Å². The van der Waals surface area contributed by atoms with Gasteiger partial charge in [0.15, 0.2) is 11.6 Å². The van der Waals surface area contributed by atoms with Crippen molar-refractivity contribution in [3.05, 3.63) is 17.6 Å². The summed E-state index contributed by atoms with van der Waals surface area (Å²) in [6.45, 7) is 6.39. The Labute approximate surface area is 113 Å². The normalized spacial score (nSPS) is 17.6. The molecule has 0 saturated carbocycles. The number of aromatic nitrogens is 2. The van der Waals surface area contributed by atoms with Crippen molar-refractivity contribution in [2.24, 2.45) is 0 Å². The fourth-order valence-electron chi connectivity index (χ4n) is 2.03. The van der Waals surface area contributed by atoms with Gasteiger partial charge in [-0.2, -0.15) is 0 Å². The van der Waals surface area contributed by atoms with E-state index in [2.05, 4.69) is 15.3 Å². The van der Waals surface area contributed by atoms with Crippen molar-refractivity contribution in [1.29, 1.82) is 0 Å². The van der Waals surface area contributed by atoms with Crippen LogP contribution in [0.3, 0.4) is 0 Å². The van der Waals surface area contributed by atoms with Crippen LogP contribution in [0.1, 0.15) is 24.9 Å². The fraction of sp³-hybridized carbons (Fsp3) is 0.692. The molecular formula is C13H21N3O3. The smallest absolute Gasteiger partial charge is 0.167 e. The van der Waals surface area contributed by atoms with Gasteiger partial charge < -0.3 is 19.5 Å². The van der Waals surface area contributed by atoms with Gasteiger partial charge in [0.25, 0.3) is 0 Å². The molecule has 1 aliphatic rings. The third-order valence-corrected chi connectivity index (χ3v) is 2.96. The van der Waals surface area contributed by atoms with Gasteiger partial charge in [0.1, 0.15) is 12.4 Å². The summed E-state index contributed by atoms with van der Waals surface area (Å²) >= 11 is 0. The van der Waals surface area contributed by atoms with E-state index in [9.17, 15) is 0 Å². The fourth-order valence-corrected chi connectivity index (χ4v) is 2.03. The molecular weight excluding hydrogens is 246 g/mol. The Hall–Kier alpha value is -1.24. The van der Waals surface area contributed by atoms with Gasteiger partial charge in [-0.1, -0.05) is 0 Å². The predicted octanol–water partition coefficient (Wildman–Crippen LogP) is 1.50. The van der Waals surface area contributed by atoms with Crippen LogP contribution >= 0.6 is 0 Å². The highest BCUT2D eigenvalue weighted by Crippen LogP contribution is 2.22. The van der Waals surface area contributed by atoms with Gasteiger partial charge in [0, 0.05) is 31.8 Å². The lowest BCUT2D eigenvalue weighted by Gasteiger charge is -2.22. The van der Waals surface area contributed by atoms with Gasteiger partial charge in [-0.15, -0.1) is 0 Å². The molecule has 0 spiro atoms. The second-order valence-electron chi connectivity index (χ2n) is 4.75. The third kappa shape index (κ3) is 4.12. The molecule has 0 aromatic carbocycles. The first kappa shape index (κ1) is 14.2. The van der Waals surface area contributed by atoms with Crippen LogP contribution in [0.15, 0.2) is 6.07 Å². The van der Waals surface area contributed by atoms with Crippen LogP contribution in [0.2, 0.25) is 0 Å². The van der Waals surface area contributed by atoms with Gasteiger partial charge in [-0.3, -0.25) is 0 Å². The Kier molecular flexibility index (Phi) is 4.68. The molecule has 0 unspecified atom stereocenters. The van der Waals surface area contributed by atoms with Crippen molar-refractivity contribution in [3.8, 4) is 0 Å². The Morgan fingerprint density at radius 3 is 2.79 bits per heavy atom. The Morgan fingerprint density at radius 2 is 2.11 bits per heavy atom. The highest BCUT2D eigenvalue weighted by Gasteiger charge is 2.30. The Balaban J connectivity index is 1.88. The molecule has 6 nitrogen and oxygen atoms in total. The second-order valence-corrected chi connectivity index (χ2v) is 4.75. The predicted molar refractivity (Wildman–Crippen MR) is 70.9 cm³/mol. The maximum Gasteiger partial charge on any atom is 0.167 e. The average Bonchev–Trinajstić information content (AvgIpc) is 2.76. The number of ether oxygens (including phenoxy) is 3. The zero-order valence-electron chi connectivity index (χ0n) is 11.7. The molecule has 1 aromatic heterocycles. The molecule has 0 bridgehead atoms. The lowest BCUT2D eigenvalue weighted by atomic mass is 10.2. The minimum absolute atomic E-state index is 0.417. The van der Waals surface area contributed by atoms with E-state index >= 15 is 0 Å². The summed E-state index contributed by atoms with van der Waals surface area (Å²) in [6, 6.07) is 1.91. The van der Waals surface area contributed by atoms with E-state index < -0.39 is 5.79 Å². The Bertz CT molecular complexity index is 420. The molecule has 0 aliphatic carbocycles. The number of nitrogens with one attached hydrogen (secondary N) is 1. The van der Waals surface area contributed by atoms with E-state index in [1.807, 2.05) is 19.9 Å². The van der Waals surface area contributed by atoms with E-state index in [0.29, 0.717) is 25.6 Å². The van der Waals surface area contributed by atoms with Crippen LogP contribution in [0.4, 0.5) is 5.82 Å². The van der Waals surface area contributed by atoms with Gasteiger partial charge in [-0.05, 0) is 13.8 Å². The highest BCUT2D eigenvalue weighted by molar-refractivity contribution is 5.35. The molecule has 19 heavy (non-hydrogen) atoms. The SMILES string of the molecule is COCc1nc(C)cc(NCCC2(C)OCCO2)n1. The molecule has 1 saturated heterocycles. The summed E-state index contributed by atoms with van der Waals surface area (Å²) in [5.74, 6) is 1.02. The molecule has 1 fully saturated rings. The summed E-state index contributed by atoms with van der Waals surface area (Å²) in [5.41, 5.74) is 0.920. The number of methoxy groups -OCH3 is 1. The summed E-state index contributed by atoms with van der Waals surface area (Å²) < 4.78 is 16.1. The molecule has 1 N–H and O–H groups in total. The van der Waals surface area contributed by atoms with E-state index in [4.69, 9.17) is 14.2 Å². The lowest BCUT2D eigenvalue weighted by Crippen LogP contribution is -2.28. The zero-order chi connectivity index (χ0) is 13.7. The maximum absolute atomic E-state index is 5.55. The first-order valence-corrected chi connectivity index (χ1v) is 6.46. The van der Waals surface area contributed by atoms with Crippen molar-refractivity contribution in [3.63, 3.8) is 0 Å².